The number of carbonyl (C=O) groups excluding carboxylic acids is 2. The van der Waals surface area contributed by atoms with Gasteiger partial charge < -0.3 is 10.6 Å². The molecule has 2 fully saturated rings. The SMILES string of the molecule is CC(C)CNC(=O)C1CCC(C(=O)NC2CCCCC2)CC1. The minimum Gasteiger partial charge on any atom is -0.356 e. The normalized spacial score (nSPS) is 26.7. The van der Waals surface area contributed by atoms with Crippen LogP contribution in [0.2, 0.25) is 0 Å². The zero-order valence-electron chi connectivity index (χ0n) is 14.2. The minimum atomic E-state index is 0.109. The first-order valence-electron chi connectivity index (χ1n) is 9.14. The van der Waals surface area contributed by atoms with Gasteiger partial charge in [0.25, 0.3) is 0 Å². The van der Waals surface area contributed by atoms with Crippen molar-refractivity contribution in [2.75, 3.05) is 6.54 Å². The van der Waals surface area contributed by atoms with Crippen LogP contribution in [0.1, 0.15) is 71.6 Å². The van der Waals surface area contributed by atoms with E-state index in [1.54, 1.807) is 0 Å². The van der Waals surface area contributed by atoms with Crippen LogP contribution in [0.3, 0.4) is 0 Å². The molecule has 0 aromatic carbocycles. The summed E-state index contributed by atoms with van der Waals surface area (Å²) in [7, 11) is 0. The van der Waals surface area contributed by atoms with Gasteiger partial charge in [-0.25, -0.2) is 0 Å². The van der Waals surface area contributed by atoms with Crippen molar-refractivity contribution in [2.24, 2.45) is 17.8 Å². The van der Waals surface area contributed by atoms with Crippen molar-refractivity contribution in [3.63, 3.8) is 0 Å². The van der Waals surface area contributed by atoms with Crippen LogP contribution in [0.15, 0.2) is 0 Å². The van der Waals surface area contributed by atoms with E-state index in [0.717, 1.165) is 45.1 Å². The third-order valence-electron chi connectivity index (χ3n) is 5.10. The predicted octanol–water partition coefficient (Wildman–Crippen LogP) is 3.01. The summed E-state index contributed by atoms with van der Waals surface area (Å²) < 4.78 is 0. The molecule has 2 rings (SSSR count). The molecule has 2 aliphatic carbocycles. The first kappa shape index (κ1) is 17.3. The van der Waals surface area contributed by atoms with E-state index in [1.165, 1.54) is 19.3 Å². The molecule has 22 heavy (non-hydrogen) atoms. The van der Waals surface area contributed by atoms with Gasteiger partial charge in [0.2, 0.25) is 11.8 Å². The Labute approximate surface area is 134 Å². The monoisotopic (exact) mass is 308 g/mol. The summed E-state index contributed by atoms with van der Waals surface area (Å²) >= 11 is 0. The minimum absolute atomic E-state index is 0.109. The highest BCUT2D eigenvalue weighted by Gasteiger charge is 2.30. The molecular formula is C18H32N2O2. The smallest absolute Gasteiger partial charge is 0.223 e. The van der Waals surface area contributed by atoms with Crippen LogP contribution in [-0.2, 0) is 9.59 Å². The fourth-order valence-electron chi connectivity index (χ4n) is 3.63. The Morgan fingerprint density at radius 2 is 1.41 bits per heavy atom. The molecule has 0 heterocycles. The third-order valence-corrected chi connectivity index (χ3v) is 5.10. The highest BCUT2D eigenvalue weighted by Crippen LogP contribution is 2.29. The molecule has 2 aliphatic rings. The van der Waals surface area contributed by atoms with Crippen LogP contribution in [0.4, 0.5) is 0 Å². The average Bonchev–Trinajstić information content (AvgIpc) is 2.53. The molecule has 2 amide bonds. The summed E-state index contributed by atoms with van der Waals surface area (Å²) in [4.78, 5) is 24.4. The maximum Gasteiger partial charge on any atom is 0.223 e. The molecular weight excluding hydrogens is 276 g/mol. The lowest BCUT2D eigenvalue weighted by Gasteiger charge is -2.30. The third kappa shape index (κ3) is 5.29. The summed E-state index contributed by atoms with van der Waals surface area (Å²) in [5.74, 6) is 1.13. The van der Waals surface area contributed by atoms with Gasteiger partial charge in [-0.2, -0.15) is 0 Å². The van der Waals surface area contributed by atoms with Crippen molar-refractivity contribution in [2.45, 2.75) is 77.7 Å². The van der Waals surface area contributed by atoms with Crippen molar-refractivity contribution >= 4 is 11.8 Å². The van der Waals surface area contributed by atoms with Crippen molar-refractivity contribution in [1.29, 1.82) is 0 Å². The molecule has 4 heteroatoms. The molecule has 0 radical (unpaired) electrons. The summed E-state index contributed by atoms with van der Waals surface area (Å²) in [5.41, 5.74) is 0. The number of hydrogen-bond donors (Lipinski definition) is 2. The number of rotatable bonds is 5. The Balaban J connectivity index is 1.69. The van der Waals surface area contributed by atoms with Gasteiger partial charge in [0.1, 0.15) is 0 Å². The second-order valence-corrected chi connectivity index (χ2v) is 7.53. The lowest BCUT2D eigenvalue weighted by Crippen LogP contribution is -2.42. The van der Waals surface area contributed by atoms with Gasteiger partial charge in [-0.1, -0.05) is 33.1 Å². The largest absolute Gasteiger partial charge is 0.356 e. The van der Waals surface area contributed by atoms with E-state index in [-0.39, 0.29) is 23.7 Å². The summed E-state index contributed by atoms with van der Waals surface area (Å²) in [5, 5.41) is 6.26. The van der Waals surface area contributed by atoms with Crippen molar-refractivity contribution in [3.05, 3.63) is 0 Å². The maximum absolute atomic E-state index is 12.3. The molecule has 0 saturated heterocycles. The number of nitrogens with one attached hydrogen (secondary N) is 2. The van der Waals surface area contributed by atoms with Crippen LogP contribution < -0.4 is 10.6 Å². The number of hydrogen-bond acceptors (Lipinski definition) is 2. The van der Waals surface area contributed by atoms with Crippen LogP contribution in [0, 0.1) is 17.8 Å². The van der Waals surface area contributed by atoms with Crippen LogP contribution in [0.5, 0.6) is 0 Å². The summed E-state index contributed by atoms with van der Waals surface area (Å²) in [6.07, 6.45) is 9.50. The van der Waals surface area contributed by atoms with Crippen molar-refractivity contribution < 1.29 is 9.59 Å². The predicted molar refractivity (Wildman–Crippen MR) is 88.3 cm³/mol. The molecule has 0 aromatic rings. The Morgan fingerprint density at radius 1 is 0.864 bits per heavy atom. The zero-order chi connectivity index (χ0) is 15.9. The molecule has 0 atom stereocenters. The van der Waals surface area contributed by atoms with E-state index in [9.17, 15) is 9.59 Å². The molecule has 2 N–H and O–H groups in total. The molecule has 126 valence electrons. The van der Waals surface area contributed by atoms with E-state index in [0.29, 0.717) is 12.0 Å². The Morgan fingerprint density at radius 3 is 1.95 bits per heavy atom. The fourth-order valence-corrected chi connectivity index (χ4v) is 3.63. The van der Waals surface area contributed by atoms with Gasteiger partial charge in [-0.3, -0.25) is 9.59 Å². The highest BCUT2D eigenvalue weighted by molar-refractivity contribution is 5.81. The van der Waals surface area contributed by atoms with Crippen LogP contribution in [-0.4, -0.2) is 24.4 Å². The zero-order valence-corrected chi connectivity index (χ0v) is 14.2. The van der Waals surface area contributed by atoms with Gasteiger partial charge in [0.05, 0.1) is 0 Å². The van der Waals surface area contributed by atoms with Gasteiger partial charge in [0.15, 0.2) is 0 Å². The molecule has 0 unspecified atom stereocenters. The maximum atomic E-state index is 12.3. The number of amides is 2. The quantitative estimate of drug-likeness (QED) is 0.820. The van der Waals surface area contributed by atoms with E-state index in [4.69, 9.17) is 0 Å². The van der Waals surface area contributed by atoms with Gasteiger partial charge in [-0.15, -0.1) is 0 Å². The molecule has 0 aliphatic heterocycles. The summed E-state index contributed by atoms with van der Waals surface area (Å²) in [6.45, 7) is 4.96. The Hall–Kier alpha value is -1.06. The first-order chi connectivity index (χ1) is 10.6. The molecule has 4 nitrogen and oxygen atoms in total. The number of carbonyl (C=O) groups is 2. The van der Waals surface area contributed by atoms with E-state index in [1.807, 2.05) is 0 Å². The molecule has 0 bridgehead atoms. The van der Waals surface area contributed by atoms with Gasteiger partial charge in [-0.05, 0) is 44.4 Å². The topological polar surface area (TPSA) is 58.2 Å². The lowest BCUT2D eigenvalue weighted by atomic mass is 9.80. The van der Waals surface area contributed by atoms with E-state index in [2.05, 4.69) is 24.5 Å². The summed E-state index contributed by atoms with van der Waals surface area (Å²) in [6, 6.07) is 0.397. The Kier molecular flexibility index (Phi) is 6.71. The average molecular weight is 308 g/mol. The lowest BCUT2D eigenvalue weighted by molar-refractivity contribution is -0.131. The second kappa shape index (κ2) is 8.54. The van der Waals surface area contributed by atoms with Crippen LogP contribution in [0.25, 0.3) is 0 Å². The molecule has 0 spiro atoms. The molecule has 0 aromatic heterocycles. The van der Waals surface area contributed by atoms with Crippen molar-refractivity contribution in [1.82, 2.24) is 10.6 Å². The van der Waals surface area contributed by atoms with Gasteiger partial charge in [0, 0.05) is 24.4 Å². The Bertz CT molecular complexity index is 367. The second-order valence-electron chi connectivity index (χ2n) is 7.53. The molecule has 2 saturated carbocycles. The highest BCUT2D eigenvalue weighted by atomic mass is 16.2. The van der Waals surface area contributed by atoms with E-state index < -0.39 is 0 Å². The fraction of sp³-hybridized carbons (Fsp3) is 0.889. The van der Waals surface area contributed by atoms with Crippen molar-refractivity contribution in [3.8, 4) is 0 Å². The first-order valence-corrected chi connectivity index (χ1v) is 9.14. The van der Waals surface area contributed by atoms with E-state index >= 15 is 0 Å². The standard InChI is InChI=1S/C18H32N2O2/c1-13(2)12-19-17(21)14-8-10-15(11-9-14)18(22)20-16-6-4-3-5-7-16/h13-16H,3-12H2,1-2H3,(H,19,21)(H,20,22). The van der Waals surface area contributed by atoms with Gasteiger partial charge >= 0.3 is 0 Å². The van der Waals surface area contributed by atoms with Crippen LogP contribution >= 0.6 is 0 Å².